The molecule has 1 unspecified atom stereocenters. The molecule has 0 radical (unpaired) electrons. The number of hydrogen-bond donors (Lipinski definition) is 1. The maximum Gasteiger partial charge on any atom is 0.127 e. The average molecular weight is 264 g/mol. The molecular weight excluding hydrogens is 236 g/mol. The number of hydrogen-bond acceptors (Lipinski definition) is 3. The van der Waals surface area contributed by atoms with Crippen molar-refractivity contribution in [3.8, 4) is 0 Å². The SMILES string of the molecule is CCNC(c1nccn1CC)C(C)(C)N1CCCC1. The lowest BCUT2D eigenvalue weighted by molar-refractivity contribution is 0.102. The highest BCUT2D eigenvalue weighted by Crippen LogP contribution is 2.32. The fraction of sp³-hybridized carbons (Fsp3) is 0.800. The monoisotopic (exact) mass is 264 g/mol. The molecule has 0 amide bonds. The highest BCUT2D eigenvalue weighted by atomic mass is 15.3. The Bertz CT molecular complexity index is 391. The van der Waals surface area contributed by atoms with Gasteiger partial charge in [0.05, 0.1) is 6.04 Å². The quantitative estimate of drug-likeness (QED) is 0.856. The van der Waals surface area contributed by atoms with Gasteiger partial charge in [-0.1, -0.05) is 6.92 Å². The number of likely N-dealkylation sites (N-methyl/N-ethyl adjacent to an activating group) is 1. The predicted molar refractivity (Wildman–Crippen MR) is 79.2 cm³/mol. The molecule has 1 fully saturated rings. The van der Waals surface area contributed by atoms with Gasteiger partial charge in [-0.2, -0.15) is 0 Å². The average Bonchev–Trinajstić information content (AvgIpc) is 3.06. The lowest BCUT2D eigenvalue weighted by Crippen LogP contribution is -2.52. The van der Waals surface area contributed by atoms with Gasteiger partial charge in [-0.15, -0.1) is 0 Å². The topological polar surface area (TPSA) is 33.1 Å². The summed E-state index contributed by atoms with van der Waals surface area (Å²) in [4.78, 5) is 7.22. The Balaban J connectivity index is 2.28. The Kier molecular flexibility index (Phi) is 4.63. The lowest BCUT2D eigenvalue weighted by atomic mass is 9.91. The molecular formula is C15H28N4. The second-order valence-corrected chi connectivity index (χ2v) is 5.91. The van der Waals surface area contributed by atoms with E-state index in [0.29, 0.717) is 0 Å². The van der Waals surface area contributed by atoms with E-state index in [1.54, 1.807) is 0 Å². The zero-order valence-electron chi connectivity index (χ0n) is 12.8. The van der Waals surface area contributed by atoms with Crippen LogP contribution in [0.1, 0.15) is 52.4 Å². The largest absolute Gasteiger partial charge is 0.334 e. The molecule has 1 aliphatic heterocycles. The van der Waals surface area contributed by atoms with Crippen LogP contribution in [0.5, 0.6) is 0 Å². The molecule has 0 aromatic carbocycles. The van der Waals surface area contributed by atoms with E-state index in [-0.39, 0.29) is 11.6 Å². The summed E-state index contributed by atoms with van der Waals surface area (Å²) in [6.07, 6.45) is 6.65. The second-order valence-electron chi connectivity index (χ2n) is 5.91. The van der Waals surface area contributed by atoms with Crippen molar-refractivity contribution >= 4 is 0 Å². The van der Waals surface area contributed by atoms with E-state index in [2.05, 4.69) is 53.7 Å². The predicted octanol–water partition coefficient (Wildman–Crippen LogP) is 2.43. The summed E-state index contributed by atoms with van der Waals surface area (Å²) in [5.74, 6) is 1.17. The molecule has 0 saturated carbocycles. The fourth-order valence-corrected chi connectivity index (χ4v) is 3.19. The maximum absolute atomic E-state index is 4.62. The number of likely N-dealkylation sites (tertiary alicyclic amines) is 1. The summed E-state index contributed by atoms with van der Waals surface area (Å²) in [6.45, 7) is 13.4. The van der Waals surface area contributed by atoms with E-state index in [1.165, 1.54) is 31.8 Å². The number of aryl methyl sites for hydroxylation is 1. The van der Waals surface area contributed by atoms with Crippen molar-refractivity contribution < 1.29 is 0 Å². The third kappa shape index (κ3) is 2.84. The smallest absolute Gasteiger partial charge is 0.127 e. The third-order valence-corrected chi connectivity index (χ3v) is 4.38. The first-order valence-electron chi connectivity index (χ1n) is 7.60. The number of nitrogens with one attached hydrogen (secondary N) is 1. The molecule has 1 aromatic rings. The van der Waals surface area contributed by atoms with Gasteiger partial charge < -0.3 is 9.88 Å². The van der Waals surface area contributed by atoms with Gasteiger partial charge in [-0.25, -0.2) is 4.98 Å². The first kappa shape index (κ1) is 14.5. The fourth-order valence-electron chi connectivity index (χ4n) is 3.19. The molecule has 4 heteroatoms. The molecule has 1 N–H and O–H groups in total. The van der Waals surface area contributed by atoms with Crippen LogP contribution in [0.4, 0.5) is 0 Å². The van der Waals surface area contributed by atoms with Crippen molar-refractivity contribution in [1.82, 2.24) is 19.8 Å². The summed E-state index contributed by atoms with van der Waals surface area (Å²) >= 11 is 0. The Hall–Kier alpha value is -0.870. The molecule has 4 nitrogen and oxygen atoms in total. The van der Waals surface area contributed by atoms with Crippen LogP contribution < -0.4 is 5.32 Å². The third-order valence-electron chi connectivity index (χ3n) is 4.38. The molecule has 1 atom stereocenters. The Morgan fingerprint density at radius 1 is 1.32 bits per heavy atom. The van der Waals surface area contributed by atoms with Gasteiger partial charge in [0.15, 0.2) is 0 Å². The van der Waals surface area contributed by atoms with Crippen LogP contribution in [-0.2, 0) is 6.54 Å². The van der Waals surface area contributed by atoms with Gasteiger partial charge >= 0.3 is 0 Å². The van der Waals surface area contributed by atoms with Gasteiger partial charge in [0, 0.05) is 24.5 Å². The second kappa shape index (κ2) is 6.06. The van der Waals surface area contributed by atoms with E-state index < -0.39 is 0 Å². The normalized spacial score (nSPS) is 18.9. The van der Waals surface area contributed by atoms with E-state index in [4.69, 9.17) is 0 Å². The summed E-state index contributed by atoms with van der Waals surface area (Å²) in [5.41, 5.74) is 0.102. The molecule has 1 aliphatic rings. The van der Waals surface area contributed by atoms with Crippen LogP contribution in [0.3, 0.4) is 0 Å². The lowest BCUT2D eigenvalue weighted by Gasteiger charge is -2.42. The summed E-state index contributed by atoms with van der Waals surface area (Å²) in [7, 11) is 0. The van der Waals surface area contributed by atoms with Crippen LogP contribution in [0, 0.1) is 0 Å². The first-order chi connectivity index (χ1) is 9.11. The van der Waals surface area contributed by atoms with E-state index >= 15 is 0 Å². The summed E-state index contributed by atoms with van der Waals surface area (Å²) < 4.78 is 2.26. The van der Waals surface area contributed by atoms with Crippen LogP contribution in [0.15, 0.2) is 12.4 Å². The van der Waals surface area contributed by atoms with Crippen molar-refractivity contribution in [3.05, 3.63) is 18.2 Å². The van der Waals surface area contributed by atoms with Crippen LogP contribution in [-0.4, -0.2) is 39.6 Å². The zero-order chi connectivity index (χ0) is 13.9. The first-order valence-corrected chi connectivity index (χ1v) is 7.60. The minimum atomic E-state index is 0.102. The summed E-state index contributed by atoms with van der Waals surface area (Å²) in [6, 6.07) is 0.283. The number of nitrogens with zero attached hydrogens (tertiary/aromatic N) is 3. The molecule has 1 saturated heterocycles. The van der Waals surface area contributed by atoms with E-state index in [0.717, 1.165) is 13.1 Å². The molecule has 108 valence electrons. The highest BCUT2D eigenvalue weighted by Gasteiger charge is 2.39. The molecule has 1 aromatic heterocycles. The van der Waals surface area contributed by atoms with Crippen molar-refractivity contribution in [2.24, 2.45) is 0 Å². The standard InChI is InChI=1S/C15H28N4/c1-5-16-13(14-17-9-12-18(14)6-2)15(3,4)19-10-7-8-11-19/h9,12-13,16H,5-8,10-11H2,1-4H3. The summed E-state index contributed by atoms with van der Waals surface area (Å²) in [5, 5.41) is 3.65. The Morgan fingerprint density at radius 3 is 2.58 bits per heavy atom. The van der Waals surface area contributed by atoms with Crippen molar-refractivity contribution in [3.63, 3.8) is 0 Å². The minimum absolute atomic E-state index is 0.102. The van der Waals surface area contributed by atoms with Crippen LogP contribution in [0.2, 0.25) is 0 Å². The van der Waals surface area contributed by atoms with E-state index in [9.17, 15) is 0 Å². The maximum atomic E-state index is 4.62. The Morgan fingerprint density at radius 2 is 2.00 bits per heavy atom. The zero-order valence-corrected chi connectivity index (χ0v) is 12.8. The van der Waals surface area contributed by atoms with Gasteiger partial charge in [-0.3, -0.25) is 4.90 Å². The molecule has 19 heavy (non-hydrogen) atoms. The molecule has 0 spiro atoms. The number of aromatic nitrogens is 2. The highest BCUT2D eigenvalue weighted by molar-refractivity contribution is 5.09. The molecule has 0 aliphatic carbocycles. The van der Waals surface area contributed by atoms with Crippen molar-refractivity contribution in [1.29, 1.82) is 0 Å². The van der Waals surface area contributed by atoms with Gasteiger partial charge in [0.2, 0.25) is 0 Å². The van der Waals surface area contributed by atoms with Gasteiger partial charge in [-0.05, 0) is 53.2 Å². The van der Waals surface area contributed by atoms with Crippen LogP contribution >= 0.6 is 0 Å². The molecule has 0 bridgehead atoms. The number of rotatable bonds is 6. The minimum Gasteiger partial charge on any atom is -0.334 e. The van der Waals surface area contributed by atoms with Gasteiger partial charge in [0.1, 0.15) is 5.82 Å². The molecule has 2 rings (SSSR count). The Labute approximate surface area is 117 Å². The van der Waals surface area contributed by atoms with Crippen molar-refractivity contribution in [2.45, 2.75) is 58.7 Å². The number of imidazole rings is 1. The molecule has 2 heterocycles. The van der Waals surface area contributed by atoms with Gasteiger partial charge in [0.25, 0.3) is 0 Å². The van der Waals surface area contributed by atoms with E-state index in [1.807, 2.05) is 6.20 Å². The van der Waals surface area contributed by atoms with Crippen molar-refractivity contribution in [2.75, 3.05) is 19.6 Å². The van der Waals surface area contributed by atoms with Crippen LogP contribution in [0.25, 0.3) is 0 Å².